The summed E-state index contributed by atoms with van der Waals surface area (Å²) in [5.74, 6) is 0.421. The highest BCUT2D eigenvalue weighted by Gasteiger charge is 2.37. The second kappa shape index (κ2) is 11.4. The van der Waals surface area contributed by atoms with Gasteiger partial charge in [0.15, 0.2) is 0 Å². The van der Waals surface area contributed by atoms with E-state index in [0.717, 1.165) is 39.5 Å². The zero-order valence-corrected chi connectivity index (χ0v) is 24.0. The molecule has 2 heterocycles. The van der Waals surface area contributed by atoms with E-state index in [9.17, 15) is 9.59 Å². The van der Waals surface area contributed by atoms with Gasteiger partial charge in [-0.25, -0.2) is 0 Å². The Morgan fingerprint density at radius 2 is 1.40 bits per heavy atom. The van der Waals surface area contributed by atoms with Crippen LogP contribution in [0.25, 0.3) is 16.8 Å². The van der Waals surface area contributed by atoms with Crippen LogP contribution in [-0.2, 0) is 4.79 Å². The van der Waals surface area contributed by atoms with Crippen molar-refractivity contribution in [2.75, 3.05) is 18.6 Å². The normalized spacial score (nSPS) is 13.8. The summed E-state index contributed by atoms with van der Waals surface area (Å²) >= 11 is 0. The number of ether oxygens (including phenoxy) is 1. The van der Waals surface area contributed by atoms with Crippen LogP contribution in [-0.4, -0.2) is 41.0 Å². The van der Waals surface area contributed by atoms with E-state index >= 15 is 0 Å². The molecule has 1 aromatic heterocycles. The van der Waals surface area contributed by atoms with Crippen LogP contribution in [0.3, 0.4) is 0 Å². The third-order valence-electron chi connectivity index (χ3n) is 7.85. The van der Waals surface area contributed by atoms with Gasteiger partial charge in [0.1, 0.15) is 18.3 Å². The minimum Gasteiger partial charge on any atom is -0.497 e. The first-order valence-electron chi connectivity index (χ1n) is 14.2. The molecule has 0 fully saturated rings. The van der Waals surface area contributed by atoms with Crippen molar-refractivity contribution in [1.29, 1.82) is 0 Å². The molecule has 0 aliphatic carbocycles. The lowest BCUT2D eigenvalue weighted by molar-refractivity contribution is -0.120. The molecule has 42 heavy (non-hydrogen) atoms. The second-order valence-electron chi connectivity index (χ2n) is 10.7. The van der Waals surface area contributed by atoms with Gasteiger partial charge < -0.3 is 14.2 Å². The minimum absolute atomic E-state index is 0.0569. The SMILES string of the molecule is COc1ccc(C2c3cccn3-c3ccccc3N2C(=O)CN(C(=O)c2ccc(-c3ccccc3)cc2)C(C)C)cc1. The van der Waals surface area contributed by atoms with Gasteiger partial charge in [-0.05, 0) is 79.1 Å². The number of fused-ring (bicyclic) bond motifs is 3. The fourth-order valence-corrected chi connectivity index (χ4v) is 5.68. The number of methoxy groups -OCH3 is 1. The van der Waals surface area contributed by atoms with Gasteiger partial charge >= 0.3 is 0 Å². The summed E-state index contributed by atoms with van der Waals surface area (Å²) in [4.78, 5) is 31.7. The van der Waals surface area contributed by atoms with E-state index in [1.54, 1.807) is 12.0 Å². The van der Waals surface area contributed by atoms with E-state index in [2.05, 4.69) is 4.57 Å². The molecule has 5 aromatic rings. The maximum atomic E-state index is 14.4. The van der Waals surface area contributed by atoms with Gasteiger partial charge in [0, 0.05) is 17.8 Å². The van der Waals surface area contributed by atoms with Crippen molar-refractivity contribution >= 4 is 17.5 Å². The summed E-state index contributed by atoms with van der Waals surface area (Å²) in [6, 6.07) is 36.9. The molecule has 4 aromatic carbocycles. The molecule has 0 saturated carbocycles. The van der Waals surface area contributed by atoms with Crippen molar-refractivity contribution in [2.24, 2.45) is 0 Å². The van der Waals surface area contributed by atoms with Crippen molar-refractivity contribution < 1.29 is 14.3 Å². The molecule has 1 aliphatic heterocycles. The fourth-order valence-electron chi connectivity index (χ4n) is 5.68. The highest BCUT2D eigenvalue weighted by molar-refractivity contribution is 6.03. The van der Waals surface area contributed by atoms with Crippen molar-refractivity contribution in [3.63, 3.8) is 0 Å². The van der Waals surface area contributed by atoms with Gasteiger partial charge in [-0.1, -0.05) is 66.7 Å². The predicted molar refractivity (Wildman–Crippen MR) is 166 cm³/mol. The van der Waals surface area contributed by atoms with Crippen LogP contribution in [0.15, 0.2) is 121 Å². The minimum atomic E-state index is -0.373. The first kappa shape index (κ1) is 27.1. The summed E-state index contributed by atoms with van der Waals surface area (Å²) in [5, 5.41) is 0. The van der Waals surface area contributed by atoms with Gasteiger partial charge in [0.2, 0.25) is 5.91 Å². The lowest BCUT2D eigenvalue weighted by atomic mass is 9.97. The Bertz CT molecular complexity index is 1710. The molecule has 0 N–H and O–H groups in total. The smallest absolute Gasteiger partial charge is 0.254 e. The third kappa shape index (κ3) is 4.96. The summed E-state index contributed by atoms with van der Waals surface area (Å²) in [5.41, 5.74) is 6.34. The van der Waals surface area contributed by atoms with Crippen LogP contribution in [0.1, 0.15) is 41.5 Å². The maximum Gasteiger partial charge on any atom is 0.254 e. The molecule has 210 valence electrons. The molecule has 0 radical (unpaired) electrons. The highest BCUT2D eigenvalue weighted by atomic mass is 16.5. The van der Waals surface area contributed by atoms with Crippen LogP contribution in [0, 0.1) is 0 Å². The monoisotopic (exact) mass is 555 g/mol. The Morgan fingerprint density at radius 1 is 0.762 bits per heavy atom. The Hall–Kier alpha value is -5.10. The number of carbonyl (C=O) groups excluding carboxylic acids is 2. The largest absolute Gasteiger partial charge is 0.497 e. The van der Waals surface area contributed by atoms with E-state index in [0.29, 0.717) is 5.56 Å². The molecule has 6 rings (SSSR count). The number of rotatable bonds is 7. The van der Waals surface area contributed by atoms with E-state index in [1.165, 1.54) is 0 Å². The first-order valence-corrected chi connectivity index (χ1v) is 14.2. The molecule has 0 bridgehead atoms. The summed E-state index contributed by atoms with van der Waals surface area (Å²) < 4.78 is 7.52. The van der Waals surface area contributed by atoms with E-state index < -0.39 is 0 Å². The Kier molecular flexibility index (Phi) is 7.36. The predicted octanol–water partition coefficient (Wildman–Crippen LogP) is 7.14. The summed E-state index contributed by atoms with van der Waals surface area (Å²) in [6.07, 6.45) is 2.02. The summed E-state index contributed by atoms with van der Waals surface area (Å²) in [6.45, 7) is 3.83. The van der Waals surface area contributed by atoms with Crippen LogP contribution >= 0.6 is 0 Å². The number of benzene rings is 4. The van der Waals surface area contributed by atoms with Gasteiger partial charge in [-0.3, -0.25) is 14.5 Å². The van der Waals surface area contributed by atoms with Crippen LogP contribution in [0.4, 0.5) is 5.69 Å². The zero-order chi connectivity index (χ0) is 29.2. The molecule has 6 heteroatoms. The average molecular weight is 556 g/mol. The van der Waals surface area contributed by atoms with Crippen LogP contribution < -0.4 is 9.64 Å². The van der Waals surface area contributed by atoms with E-state index in [-0.39, 0.29) is 30.4 Å². The first-order chi connectivity index (χ1) is 20.5. The number of para-hydroxylation sites is 2. The molecule has 6 nitrogen and oxygen atoms in total. The quantitative estimate of drug-likeness (QED) is 0.215. The lowest BCUT2D eigenvalue weighted by Gasteiger charge is -2.40. The van der Waals surface area contributed by atoms with Gasteiger partial charge in [0.05, 0.1) is 24.2 Å². The van der Waals surface area contributed by atoms with Crippen molar-refractivity contribution in [3.8, 4) is 22.6 Å². The third-order valence-corrected chi connectivity index (χ3v) is 7.85. The zero-order valence-electron chi connectivity index (χ0n) is 24.0. The molecule has 0 spiro atoms. The highest BCUT2D eigenvalue weighted by Crippen LogP contribution is 2.42. The Morgan fingerprint density at radius 3 is 2.07 bits per heavy atom. The standard InChI is InChI=1S/C36H33N3O3/c1-25(2)38(36(41)29-17-15-27(16-18-29)26-10-5-4-6-11-26)24-34(40)39-32-13-8-7-12-31(32)37-23-9-14-33(37)35(39)28-19-21-30(42-3)22-20-28/h4-23,25,35H,24H2,1-3H3. The maximum absolute atomic E-state index is 14.4. The number of anilines is 1. The molecule has 1 aliphatic rings. The fraction of sp³-hybridized carbons (Fsp3) is 0.167. The topological polar surface area (TPSA) is 54.8 Å². The van der Waals surface area contributed by atoms with E-state index in [4.69, 9.17) is 4.74 Å². The number of hydrogen-bond acceptors (Lipinski definition) is 3. The van der Waals surface area contributed by atoms with Gasteiger partial charge in [-0.15, -0.1) is 0 Å². The summed E-state index contributed by atoms with van der Waals surface area (Å²) in [7, 11) is 1.64. The van der Waals surface area contributed by atoms with Crippen LogP contribution in [0.5, 0.6) is 5.75 Å². The van der Waals surface area contributed by atoms with Gasteiger partial charge in [0.25, 0.3) is 5.91 Å². The Balaban J connectivity index is 1.34. The molecular formula is C36H33N3O3. The van der Waals surface area contributed by atoms with Crippen molar-refractivity contribution in [1.82, 2.24) is 9.47 Å². The number of amides is 2. The van der Waals surface area contributed by atoms with Gasteiger partial charge in [-0.2, -0.15) is 0 Å². The lowest BCUT2D eigenvalue weighted by Crippen LogP contribution is -2.48. The number of carbonyl (C=O) groups is 2. The molecule has 0 saturated heterocycles. The number of aromatic nitrogens is 1. The average Bonchev–Trinajstić information content (AvgIpc) is 3.53. The number of nitrogens with zero attached hydrogens (tertiary/aromatic N) is 3. The molecule has 1 atom stereocenters. The van der Waals surface area contributed by atoms with Crippen LogP contribution in [0.2, 0.25) is 0 Å². The molecule has 2 amide bonds. The van der Waals surface area contributed by atoms with E-state index in [1.807, 2.05) is 140 Å². The van der Waals surface area contributed by atoms with Crippen molar-refractivity contribution in [3.05, 3.63) is 138 Å². The second-order valence-corrected chi connectivity index (χ2v) is 10.7. The molecule has 1 unspecified atom stereocenters. The van der Waals surface area contributed by atoms with Crippen molar-refractivity contribution in [2.45, 2.75) is 25.9 Å². The number of hydrogen-bond donors (Lipinski definition) is 0. The Labute approximate surface area is 246 Å². The molecular weight excluding hydrogens is 522 g/mol.